The molecule has 0 aromatic carbocycles. The van der Waals surface area contributed by atoms with Crippen molar-refractivity contribution >= 4 is 0 Å². The Morgan fingerprint density at radius 2 is 2.29 bits per heavy atom. The minimum Gasteiger partial charge on any atom is -0.340 e. The van der Waals surface area contributed by atoms with Gasteiger partial charge in [-0.15, -0.1) is 0 Å². The summed E-state index contributed by atoms with van der Waals surface area (Å²) >= 11 is 0. The van der Waals surface area contributed by atoms with Gasteiger partial charge in [0.15, 0.2) is 5.82 Å². The quantitative estimate of drug-likeness (QED) is 0.829. The fourth-order valence-corrected chi connectivity index (χ4v) is 2.57. The molecule has 5 heteroatoms. The highest BCUT2D eigenvalue weighted by Crippen LogP contribution is 2.28. The first-order valence-electron chi connectivity index (χ1n) is 6.58. The molecule has 1 aliphatic heterocycles. The third-order valence-electron chi connectivity index (χ3n) is 3.59. The normalized spacial score (nSPS) is 24.7. The third kappa shape index (κ3) is 2.84. The summed E-state index contributed by atoms with van der Waals surface area (Å²) < 4.78 is 5.03. The fraction of sp³-hybridized carbons (Fsp3) is 0.833. The van der Waals surface area contributed by atoms with E-state index in [4.69, 9.17) is 4.52 Å². The summed E-state index contributed by atoms with van der Waals surface area (Å²) in [7, 11) is 0. The molecule has 1 aromatic heterocycles. The van der Waals surface area contributed by atoms with Crippen LogP contribution in [-0.2, 0) is 6.54 Å². The molecule has 5 nitrogen and oxygen atoms in total. The largest absolute Gasteiger partial charge is 0.340 e. The van der Waals surface area contributed by atoms with Gasteiger partial charge >= 0.3 is 0 Å². The molecule has 17 heavy (non-hydrogen) atoms. The van der Waals surface area contributed by atoms with Crippen LogP contribution in [0.15, 0.2) is 4.52 Å². The van der Waals surface area contributed by atoms with Gasteiger partial charge in [-0.1, -0.05) is 5.16 Å². The van der Waals surface area contributed by atoms with Crippen LogP contribution in [0.3, 0.4) is 0 Å². The van der Waals surface area contributed by atoms with Gasteiger partial charge in [0.2, 0.25) is 5.89 Å². The van der Waals surface area contributed by atoms with E-state index in [1.807, 2.05) is 6.92 Å². The molecule has 1 saturated heterocycles. The van der Waals surface area contributed by atoms with Crippen molar-refractivity contribution in [2.24, 2.45) is 0 Å². The Kier molecular flexibility index (Phi) is 3.11. The van der Waals surface area contributed by atoms with Crippen molar-refractivity contribution in [2.45, 2.75) is 51.2 Å². The second-order valence-electron chi connectivity index (χ2n) is 5.18. The predicted molar refractivity (Wildman–Crippen MR) is 63.5 cm³/mol. The van der Waals surface area contributed by atoms with E-state index in [9.17, 15) is 0 Å². The van der Waals surface area contributed by atoms with Crippen LogP contribution in [0.5, 0.6) is 0 Å². The predicted octanol–water partition coefficient (Wildman–Crippen LogP) is 1.09. The van der Waals surface area contributed by atoms with E-state index >= 15 is 0 Å². The van der Waals surface area contributed by atoms with Crippen LogP contribution in [0.25, 0.3) is 0 Å². The molecule has 0 bridgehead atoms. The maximum atomic E-state index is 5.03. The van der Waals surface area contributed by atoms with Crippen molar-refractivity contribution in [1.29, 1.82) is 0 Å². The molecular weight excluding hydrogens is 216 g/mol. The molecule has 1 aromatic rings. The highest BCUT2D eigenvalue weighted by Gasteiger charge is 2.32. The molecule has 1 aliphatic carbocycles. The second kappa shape index (κ2) is 4.74. The topological polar surface area (TPSA) is 54.2 Å². The lowest BCUT2D eigenvalue weighted by Crippen LogP contribution is -2.38. The summed E-state index contributed by atoms with van der Waals surface area (Å²) in [4.78, 5) is 6.80. The van der Waals surface area contributed by atoms with Crippen LogP contribution in [0, 0.1) is 6.92 Å². The average molecular weight is 236 g/mol. The monoisotopic (exact) mass is 236 g/mol. The first-order chi connectivity index (χ1) is 8.31. The second-order valence-corrected chi connectivity index (χ2v) is 5.18. The molecule has 2 aliphatic rings. The Bertz CT molecular complexity index is 368. The lowest BCUT2D eigenvalue weighted by molar-refractivity contribution is 0.222. The minimum absolute atomic E-state index is 0.656. The van der Waals surface area contributed by atoms with E-state index in [0.717, 1.165) is 25.0 Å². The molecular formula is C12H20N4O. The fourth-order valence-electron chi connectivity index (χ4n) is 2.57. The number of aromatic nitrogens is 2. The van der Waals surface area contributed by atoms with E-state index in [0.29, 0.717) is 11.9 Å². The molecule has 2 fully saturated rings. The van der Waals surface area contributed by atoms with Crippen LogP contribution in [-0.4, -0.2) is 40.2 Å². The standard InChI is InChI=1S/C12H20N4O/c1-9-14-12(15-17-9)8-16(11-4-5-11)7-10-3-2-6-13-10/h10-11,13H,2-8H2,1H3. The zero-order chi connectivity index (χ0) is 11.7. The Morgan fingerprint density at radius 1 is 1.41 bits per heavy atom. The van der Waals surface area contributed by atoms with Gasteiger partial charge in [0.05, 0.1) is 6.54 Å². The van der Waals surface area contributed by atoms with E-state index in [2.05, 4.69) is 20.4 Å². The summed E-state index contributed by atoms with van der Waals surface area (Å²) in [6.45, 7) is 4.97. The molecule has 2 heterocycles. The van der Waals surface area contributed by atoms with Gasteiger partial charge in [-0.2, -0.15) is 4.98 Å². The maximum Gasteiger partial charge on any atom is 0.223 e. The zero-order valence-electron chi connectivity index (χ0n) is 10.4. The average Bonchev–Trinajstić information content (AvgIpc) is 2.89. The van der Waals surface area contributed by atoms with E-state index < -0.39 is 0 Å². The van der Waals surface area contributed by atoms with E-state index in [-0.39, 0.29) is 0 Å². The highest BCUT2D eigenvalue weighted by molar-refractivity contribution is 4.92. The number of hydrogen-bond acceptors (Lipinski definition) is 5. The van der Waals surface area contributed by atoms with Crippen molar-refractivity contribution in [2.75, 3.05) is 13.1 Å². The molecule has 0 radical (unpaired) electrons. The Morgan fingerprint density at radius 3 is 2.88 bits per heavy atom. The lowest BCUT2D eigenvalue weighted by Gasteiger charge is -2.23. The Balaban J connectivity index is 1.59. The van der Waals surface area contributed by atoms with Gasteiger partial charge in [-0.05, 0) is 32.2 Å². The van der Waals surface area contributed by atoms with Crippen LogP contribution >= 0.6 is 0 Å². The van der Waals surface area contributed by atoms with Gasteiger partial charge < -0.3 is 9.84 Å². The first kappa shape index (κ1) is 11.2. The number of hydrogen-bond donors (Lipinski definition) is 1. The van der Waals surface area contributed by atoms with Gasteiger partial charge in [0, 0.05) is 25.6 Å². The van der Waals surface area contributed by atoms with Crippen LogP contribution in [0.2, 0.25) is 0 Å². The first-order valence-corrected chi connectivity index (χ1v) is 6.58. The smallest absolute Gasteiger partial charge is 0.223 e. The van der Waals surface area contributed by atoms with Crippen molar-refractivity contribution in [1.82, 2.24) is 20.4 Å². The molecule has 3 rings (SSSR count). The van der Waals surface area contributed by atoms with Gasteiger partial charge in [-0.25, -0.2) is 0 Å². The van der Waals surface area contributed by atoms with Crippen molar-refractivity contribution in [3.05, 3.63) is 11.7 Å². The van der Waals surface area contributed by atoms with Crippen LogP contribution in [0.4, 0.5) is 0 Å². The SMILES string of the molecule is Cc1nc(CN(CC2CCCN2)C2CC2)no1. The Hall–Kier alpha value is -0.940. The maximum absolute atomic E-state index is 5.03. The van der Waals surface area contributed by atoms with Gasteiger partial charge in [-0.3, -0.25) is 4.90 Å². The number of rotatable bonds is 5. The minimum atomic E-state index is 0.656. The van der Waals surface area contributed by atoms with Crippen molar-refractivity contribution in [3.8, 4) is 0 Å². The molecule has 94 valence electrons. The van der Waals surface area contributed by atoms with Gasteiger partial charge in [0.25, 0.3) is 0 Å². The van der Waals surface area contributed by atoms with E-state index in [1.54, 1.807) is 0 Å². The highest BCUT2D eigenvalue weighted by atomic mass is 16.5. The summed E-state index contributed by atoms with van der Waals surface area (Å²) in [6, 6.07) is 1.40. The number of nitrogens with zero attached hydrogens (tertiary/aromatic N) is 3. The molecule has 0 amide bonds. The number of aryl methyl sites for hydroxylation is 1. The van der Waals surface area contributed by atoms with Gasteiger partial charge in [0.1, 0.15) is 0 Å². The zero-order valence-corrected chi connectivity index (χ0v) is 10.4. The molecule has 1 N–H and O–H groups in total. The van der Waals surface area contributed by atoms with Crippen molar-refractivity contribution < 1.29 is 4.52 Å². The van der Waals surface area contributed by atoms with E-state index in [1.165, 1.54) is 32.2 Å². The summed E-state index contributed by atoms with van der Waals surface area (Å²) in [5, 5.41) is 7.55. The molecule has 0 spiro atoms. The molecule has 1 atom stereocenters. The van der Waals surface area contributed by atoms with Crippen LogP contribution < -0.4 is 5.32 Å². The Labute approximate surface area is 102 Å². The summed E-state index contributed by atoms with van der Waals surface area (Å²) in [5.74, 6) is 1.49. The summed E-state index contributed by atoms with van der Waals surface area (Å²) in [6.07, 6.45) is 5.26. The number of nitrogens with one attached hydrogen (secondary N) is 1. The lowest BCUT2D eigenvalue weighted by atomic mass is 10.2. The van der Waals surface area contributed by atoms with Crippen LogP contribution in [0.1, 0.15) is 37.4 Å². The molecule has 1 unspecified atom stereocenters. The molecule has 1 saturated carbocycles. The summed E-state index contributed by atoms with van der Waals surface area (Å²) in [5.41, 5.74) is 0. The third-order valence-corrected chi connectivity index (χ3v) is 3.59. The van der Waals surface area contributed by atoms with Crippen molar-refractivity contribution in [3.63, 3.8) is 0 Å².